The highest BCUT2D eigenvalue weighted by Crippen LogP contribution is 2.28. The van der Waals surface area contributed by atoms with E-state index in [0.29, 0.717) is 30.3 Å². The van der Waals surface area contributed by atoms with Gasteiger partial charge in [0.15, 0.2) is 11.5 Å². The molecule has 4 nitrogen and oxygen atoms in total. The third-order valence-electron chi connectivity index (χ3n) is 4.40. The van der Waals surface area contributed by atoms with E-state index in [0.717, 1.165) is 10.5 Å². The average Bonchev–Trinajstić information content (AvgIpc) is 2.66. The standard InChI is InChI=1S/C21H27NO3S/c1-6-22(13-17-8-10-19(24-4)20(12-17)25-5)21(23)14-26-18-9-7-15(2)16(3)11-18/h7-12H,6,13-14H2,1-5H3. The van der Waals surface area contributed by atoms with Crippen molar-refractivity contribution < 1.29 is 14.3 Å². The molecule has 0 N–H and O–H groups in total. The van der Waals surface area contributed by atoms with Gasteiger partial charge in [-0.2, -0.15) is 0 Å². The Morgan fingerprint density at radius 1 is 1.00 bits per heavy atom. The van der Waals surface area contributed by atoms with E-state index >= 15 is 0 Å². The van der Waals surface area contributed by atoms with Crippen LogP contribution in [0.25, 0.3) is 0 Å². The lowest BCUT2D eigenvalue weighted by Gasteiger charge is -2.21. The molecule has 0 unspecified atom stereocenters. The first-order valence-corrected chi connectivity index (χ1v) is 9.65. The highest BCUT2D eigenvalue weighted by atomic mass is 32.2. The molecule has 0 saturated heterocycles. The van der Waals surface area contributed by atoms with Crippen LogP contribution >= 0.6 is 11.8 Å². The highest BCUT2D eigenvalue weighted by Gasteiger charge is 2.14. The molecule has 2 aromatic carbocycles. The molecule has 2 rings (SSSR count). The van der Waals surface area contributed by atoms with Crippen LogP contribution in [0.3, 0.4) is 0 Å². The number of hydrogen-bond donors (Lipinski definition) is 0. The van der Waals surface area contributed by atoms with Gasteiger partial charge in [-0.1, -0.05) is 12.1 Å². The summed E-state index contributed by atoms with van der Waals surface area (Å²) in [5.74, 6) is 1.93. The van der Waals surface area contributed by atoms with Crippen molar-refractivity contribution in [2.24, 2.45) is 0 Å². The van der Waals surface area contributed by atoms with Crippen LogP contribution in [0, 0.1) is 13.8 Å². The van der Waals surface area contributed by atoms with E-state index in [9.17, 15) is 4.79 Å². The third kappa shape index (κ3) is 5.18. The Bertz CT molecular complexity index is 761. The topological polar surface area (TPSA) is 38.8 Å². The van der Waals surface area contributed by atoms with Crippen molar-refractivity contribution in [2.75, 3.05) is 26.5 Å². The zero-order chi connectivity index (χ0) is 19.1. The van der Waals surface area contributed by atoms with Crippen molar-refractivity contribution in [3.05, 3.63) is 53.1 Å². The van der Waals surface area contributed by atoms with Crippen LogP contribution in [0.5, 0.6) is 11.5 Å². The summed E-state index contributed by atoms with van der Waals surface area (Å²) in [6.07, 6.45) is 0. The molecule has 1 amide bonds. The summed E-state index contributed by atoms with van der Waals surface area (Å²) in [7, 11) is 3.23. The number of rotatable bonds is 8. The second-order valence-corrected chi connectivity index (χ2v) is 7.18. The lowest BCUT2D eigenvalue weighted by atomic mass is 10.1. The summed E-state index contributed by atoms with van der Waals surface area (Å²) in [5, 5.41) is 0. The molecule has 0 aliphatic carbocycles. The van der Waals surface area contributed by atoms with Gasteiger partial charge in [-0.3, -0.25) is 4.79 Å². The Morgan fingerprint density at radius 2 is 1.73 bits per heavy atom. The van der Waals surface area contributed by atoms with Gasteiger partial charge in [-0.05, 0) is 61.7 Å². The molecule has 0 radical (unpaired) electrons. The van der Waals surface area contributed by atoms with Gasteiger partial charge in [0, 0.05) is 18.0 Å². The van der Waals surface area contributed by atoms with Crippen LogP contribution < -0.4 is 9.47 Å². The number of nitrogens with zero attached hydrogens (tertiary/aromatic N) is 1. The fourth-order valence-corrected chi connectivity index (χ4v) is 3.51. The van der Waals surface area contributed by atoms with E-state index in [-0.39, 0.29) is 5.91 Å². The largest absolute Gasteiger partial charge is 0.493 e. The molecule has 0 heterocycles. The number of thioether (sulfide) groups is 1. The van der Waals surface area contributed by atoms with Gasteiger partial charge in [0.25, 0.3) is 0 Å². The zero-order valence-corrected chi connectivity index (χ0v) is 17.0. The molecular weight excluding hydrogens is 346 g/mol. The first-order chi connectivity index (χ1) is 12.5. The summed E-state index contributed by atoms with van der Waals surface area (Å²) in [5.41, 5.74) is 3.54. The lowest BCUT2D eigenvalue weighted by molar-refractivity contribution is -0.128. The predicted octanol–water partition coefficient (Wildman–Crippen LogP) is 4.46. The van der Waals surface area contributed by atoms with Crippen molar-refractivity contribution in [3.8, 4) is 11.5 Å². The molecule has 0 atom stereocenters. The monoisotopic (exact) mass is 373 g/mol. The van der Waals surface area contributed by atoms with Crippen molar-refractivity contribution in [3.63, 3.8) is 0 Å². The molecule has 0 spiro atoms. The van der Waals surface area contributed by atoms with Crippen LogP contribution in [0.2, 0.25) is 0 Å². The number of methoxy groups -OCH3 is 2. The maximum absolute atomic E-state index is 12.6. The maximum Gasteiger partial charge on any atom is 0.233 e. The number of aryl methyl sites for hydroxylation is 2. The number of hydrogen-bond acceptors (Lipinski definition) is 4. The molecule has 5 heteroatoms. The number of carbonyl (C=O) groups is 1. The minimum atomic E-state index is 0.130. The Balaban J connectivity index is 2.00. The number of benzene rings is 2. The van der Waals surface area contributed by atoms with Crippen LogP contribution in [-0.2, 0) is 11.3 Å². The van der Waals surface area contributed by atoms with E-state index in [1.165, 1.54) is 11.1 Å². The van der Waals surface area contributed by atoms with E-state index in [4.69, 9.17) is 9.47 Å². The van der Waals surface area contributed by atoms with Crippen molar-refractivity contribution in [2.45, 2.75) is 32.2 Å². The summed E-state index contributed by atoms with van der Waals surface area (Å²) >= 11 is 1.58. The average molecular weight is 374 g/mol. The van der Waals surface area contributed by atoms with Gasteiger partial charge < -0.3 is 14.4 Å². The Labute approximate surface area is 160 Å². The first kappa shape index (κ1) is 20.2. The van der Waals surface area contributed by atoms with Gasteiger partial charge in [0.1, 0.15) is 0 Å². The van der Waals surface area contributed by atoms with E-state index in [2.05, 4.69) is 32.0 Å². The molecule has 140 valence electrons. The Hall–Kier alpha value is -2.14. The zero-order valence-electron chi connectivity index (χ0n) is 16.2. The molecular formula is C21H27NO3S. The lowest BCUT2D eigenvalue weighted by Crippen LogP contribution is -2.31. The second-order valence-electron chi connectivity index (χ2n) is 6.13. The van der Waals surface area contributed by atoms with Gasteiger partial charge >= 0.3 is 0 Å². The quantitative estimate of drug-likeness (QED) is 0.640. The van der Waals surface area contributed by atoms with Crippen LogP contribution in [0.1, 0.15) is 23.6 Å². The van der Waals surface area contributed by atoms with E-state index < -0.39 is 0 Å². The van der Waals surface area contributed by atoms with Crippen LogP contribution in [-0.4, -0.2) is 37.3 Å². The number of ether oxygens (including phenoxy) is 2. The van der Waals surface area contributed by atoms with Crippen LogP contribution in [0.15, 0.2) is 41.3 Å². The van der Waals surface area contributed by atoms with Gasteiger partial charge in [-0.15, -0.1) is 11.8 Å². The smallest absolute Gasteiger partial charge is 0.233 e. The SMILES string of the molecule is CCN(Cc1ccc(OC)c(OC)c1)C(=O)CSc1ccc(C)c(C)c1. The molecule has 0 bridgehead atoms. The molecule has 0 fully saturated rings. The third-order valence-corrected chi connectivity index (χ3v) is 5.38. The van der Waals surface area contributed by atoms with E-state index in [1.54, 1.807) is 26.0 Å². The highest BCUT2D eigenvalue weighted by molar-refractivity contribution is 8.00. The molecule has 0 aromatic heterocycles. The first-order valence-electron chi connectivity index (χ1n) is 8.67. The molecule has 0 aliphatic heterocycles. The Kier molecular flexibility index (Phi) is 7.39. The maximum atomic E-state index is 12.6. The van der Waals surface area contributed by atoms with Crippen LogP contribution in [0.4, 0.5) is 0 Å². The van der Waals surface area contributed by atoms with Crippen molar-refractivity contribution in [1.82, 2.24) is 4.90 Å². The van der Waals surface area contributed by atoms with Gasteiger partial charge in [-0.25, -0.2) is 0 Å². The fourth-order valence-electron chi connectivity index (χ4n) is 2.62. The molecule has 2 aromatic rings. The minimum Gasteiger partial charge on any atom is -0.493 e. The summed E-state index contributed by atoms with van der Waals surface area (Å²) in [6.45, 7) is 7.41. The molecule has 26 heavy (non-hydrogen) atoms. The van der Waals surface area contributed by atoms with Gasteiger partial charge in [0.05, 0.1) is 20.0 Å². The van der Waals surface area contributed by atoms with E-state index in [1.807, 2.05) is 30.0 Å². The molecule has 0 saturated carbocycles. The van der Waals surface area contributed by atoms with Crippen molar-refractivity contribution >= 4 is 17.7 Å². The normalized spacial score (nSPS) is 10.5. The fraction of sp³-hybridized carbons (Fsp3) is 0.381. The van der Waals surface area contributed by atoms with Gasteiger partial charge in [0.2, 0.25) is 5.91 Å². The summed E-state index contributed by atoms with van der Waals surface area (Å²) < 4.78 is 10.6. The number of amides is 1. The minimum absolute atomic E-state index is 0.130. The summed E-state index contributed by atoms with van der Waals surface area (Å²) in [6, 6.07) is 12.1. The second kappa shape index (κ2) is 9.53. The molecule has 0 aliphatic rings. The predicted molar refractivity (Wildman–Crippen MR) is 107 cm³/mol. The van der Waals surface area contributed by atoms with Crippen molar-refractivity contribution in [1.29, 1.82) is 0 Å². The summed E-state index contributed by atoms with van der Waals surface area (Å²) in [4.78, 5) is 15.6. The number of carbonyl (C=O) groups excluding carboxylic acids is 1. The Morgan fingerprint density at radius 3 is 2.35 bits per heavy atom.